The second-order valence-corrected chi connectivity index (χ2v) is 3.11. The molecule has 0 aliphatic carbocycles. The first-order chi connectivity index (χ1) is 6.41. The van der Waals surface area contributed by atoms with Crippen LogP contribution in [0.1, 0.15) is 45.4 Å². The summed E-state index contributed by atoms with van der Waals surface area (Å²) in [6.45, 7) is 2.22. The summed E-state index contributed by atoms with van der Waals surface area (Å²) < 4.78 is 0. The van der Waals surface area contributed by atoms with Crippen molar-refractivity contribution in [1.82, 2.24) is 0 Å². The van der Waals surface area contributed by atoms with E-state index in [1.54, 1.807) is 12.4 Å². The van der Waals surface area contributed by atoms with Crippen molar-refractivity contribution in [1.29, 1.82) is 0 Å². The van der Waals surface area contributed by atoms with Crippen LogP contribution in [0.15, 0.2) is 24.3 Å². The van der Waals surface area contributed by atoms with Gasteiger partial charge in [0, 0.05) is 0 Å². The molecule has 1 nitrogen and oxygen atoms in total. The molecule has 0 rings (SSSR count). The molecular weight excluding hydrogens is 160 g/mol. The van der Waals surface area contributed by atoms with Crippen LogP contribution < -0.4 is 0 Å². The quantitative estimate of drug-likeness (QED) is 0.316. The molecule has 1 heteroatoms. The highest BCUT2D eigenvalue weighted by molar-refractivity contribution is 5.66. The molecule has 0 aromatic rings. The third kappa shape index (κ3) is 11.1. The molecule has 0 bridgehead atoms. The van der Waals surface area contributed by atoms with E-state index in [0.29, 0.717) is 0 Å². The van der Waals surface area contributed by atoms with E-state index in [1.807, 2.05) is 6.08 Å². The van der Waals surface area contributed by atoms with E-state index in [9.17, 15) is 4.79 Å². The minimum absolute atomic E-state index is 1.12. The molecule has 0 saturated carbocycles. The lowest BCUT2D eigenvalue weighted by Crippen LogP contribution is -1.75. The fourth-order valence-electron chi connectivity index (χ4n) is 1.14. The van der Waals surface area contributed by atoms with Gasteiger partial charge in [0.15, 0.2) is 0 Å². The number of rotatable bonds is 8. The van der Waals surface area contributed by atoms with E-state index < -0.39 is 0 Å². The third-order valence-corrected chi connectivity index (χ3v) is 1.89. The van der Waals surface area contributed by atoms with Crippen molar-refractivity contribution in [2.75, 3.05) is 0 Å². The van der Waals surface area contributed by atoms with Gasteiger partial charge in [0.25, 0.3) is 0 Å². The van der Waals surface area contributed by atoms with Crippen molar-refractivity contribution in [3.8, 4) is 0 Å². The first-order valence-corrected chi connectivity index (χ1v) is 5.11. The number of hydrogen-bond donors (Lipinski definition) is 0. The summed E-state index contributed by atoms with van der Waals surface area (Å²) in [7, 11) is 0. The summed E-state index contributed by atoms with van der Waals surface area (Å²) in [5.74, 6) is 0. The molecule has 0 aliphatic rings. The number of allylic oxidation sites excluding steroid dienone is 4. The van der Waals surface area contributed by atoms with Crippen LogP contribution in [0.25, 0.3) is 0 Å². The molecule has 73 valence electrons. The summed E-state index contributed by atoms with van der Waals surface area (Å²) in [4.78, 5) is 9.77. The Hall–Kier alpha value is -0.850. The van der Waals surface area contributed by atoms with E-state index in [2.05, 4.69) is 13.0 Å². The molecular formula is C12H19O. The predicted molar refractivity (Wildman–Crippen MR) is 57.3 cm³/mol. The first-order valence-electron chi connectivity index (χ1n) is 5.11. The lowest BCUT2D eigenvalue weighted by Gasteiger charge is -1.95. The normalized spacial score (nSPS) is 11.5. The molecule has 0 aromatic heterocycles. The Bertz CT molecular complexity index is 157. The van der Waals surface area contributed by atoms with Crippen LogP contribution in [0.4, 0.5) is 0 Å². The predicted octanol–water partition coefficient (Wildman–Crippen LogP) is 3.57. The second-order valence-electron chi connectivity index (χ2n) is 3.11. The highest BCUT2D eigenvalue weighted by Gasteiger charge is 1.85. The van der Waals surface area contributed by atoms with Crippen molar-refractivity contribution >= 4 is 6.29 Å². The van der Waals surface area contributed by atoms with Gasteiger partial charge < -0.3 is 0 Å². The summed E-state index contributed by atoms with van der Waals surface area (Å²) in [6.07, 6.45) is 16.5. The molecule has 1 radical (unpaired) electrons. The maximum absolute atomic E-state index is 9.77. The lowest BCUT2D eigenvalue weighted by atomic mass is 10.1. The molecule has 0 heterocycles. The minimum Gasteiger partial charge on any atom is -0.286 e. The van der Waals surface area contributed by atoms with Gasteiger partial charge in [-0.25, -0.2) is 0 Å². The zero-order chi connectivity index (χ0) is 9.78. The number of unbranched alkanes of at least 4 members (excludes halogenated alkanes) is 5. The van der Waals surface area contributed by atoms with Gasteiger partial charge in [0.2, 0.25) is 6.29 Å². The monoisotopic (exact) mass is 179 g/mol. The van der Waals surface area contributed by atoms with E-state index in [0.717, 1.165) is 6.42 Å². The number of hydrogen-bond acceptors (Lipinski definition) is 1. The number of carbonyl (C=O) groups excluding carboxylic acids is 1. The van der Waals surface area contributed by atoms with Gasteiger partial charge >= 0.3 is 0 Å². The molecule has 13 heavy (non-hydrogen) atoms. The summed E-state index contributed by atoms with van der Waals surface area (Å²) in [5.41, 5.74) is 0. The van der Waals surface area contributed by atoms with Gasteiger partial charge in [0.05, 0.1) is 0 Å². The lowest BCUT2D eigenvalue weighted by molar-refractivity contribution is 0.564. The SMILES string of the molecule is CCCCCCC/C=C/C=C/[C]=O. The van der Waals surface area contributed by atoms with Crippen LogP contribution in [0.3, 0.4) is 0 Å². The van der Waals surface area contributed by atoms with E-state index in [-0.39, 0.29) is 0 Å². The minimum atomic E-state index is 1.12. The standard InChI is InChI=1S/C12H19O/c1-2-3-4-5-6-7-8-9-10-11-12-13/h8-11H,2-7H2,1H3/b9-8+,11-10+. The average Bonchev–Trinajstić information content (AvgIpc) is 2.16. The van der Waals surface area contributed by atoms with Crippen LogP contribution in [-0.2, 0) is 4.79 Å². The van der Waals surface area contributed by atoms with Crippen molar-refractivity contribution in [2.24, 2.45) is 0 Å². The molecule has 0 fully saturated rings. The van der Waals surface area contributed by atoms with Crippen molar-refractivity contribution in [2.45, 2.75) is 45.4 Å². The third-order valence-electron chi connectivity index (χ3n) is 1.89. The molecule has 0 amide bonds. The molecule has 0 saturated heterocycles. The molecule has 0 unspecified atom stereocenters. The van der Waals surface area contributed by atoms with E-state index in [1.165, 1.54) is 38.2 Å². The topological polar surface area (TPSA) is 17.1 Å². The largest absolute Gasteiger partial charge is 0.286 e. The summed E-state index contributed by atoms with van der Waals surface area (Å²) >= 11 is 0. The summed E-state index contributed by atoms with van der Waals surface area (Å²) in [6, 6.07) is 0. The Kier molecular flexibility index (Phi) is 10.4. The summed E-state index contributed by atoms with van der Waals surface area (Å²) in [5, 5.41) is 0. The van der Waals surface area contributed by atoms with Gasteiger partial charge in [-0.15, -0.1) is 0 Å². The van der Waals surface area contributed by atoms with Crippen molar-refractivity contribution < 1.29 is 4.79 Å². The molecule has 0 aromatic carbocycles. The average molecular weight is 179 g/mol. The first kappa shape index (κ1) is 12.2. The van der Waals surface area contributed by atoms with Gasteiger partial charge in [-0.1, -0.05) is 50.8 Å². The molecule has 0 atom stereocenters. The van der Waals surface area contributed by atoms with Crippen LogP contribution >= 0.6 is 0 Å². The zero-order valence-electron chi connectivity index (χ0n) is 8.46. The van der Waals surface area contributed by atoms with Gasteiger partial charge in [-0.3, -0.25) is 4.79 Å². The Morgan fingerprint density at radius 3 is 2.54 bits per heavy atom. The molecule has 0 N–H and O–H groups in total. The van der Waals surface area contributed by atoms with Crippen LogP contribution in [-0.4, -0.2) is 6.29 Å². The van der Waals surface area contributed by atoms with Gasteiger partial charge in [-0.05, 0) is 18.9 Å². The maximum atomic E-state index is 9.77. The van der Waals surface area contributed by atoms with E-state index >= 15 is 0 Å². The molecule has 0 spiro atoms. The second kappa shape index (κ2) is 11.2. The van der Waals surface area contributed by atoms with Crippen LogP contribution in [0.2, 0.25) is 0 Å². The molecule has 0 aliphatic heterocycles. The van der Waals surface area contributed by atoms with E-state index in [4.69, 9.17) is 0 Å². The van der Waals surface area contributed by atoms with Crippen LogP contribution in [0, 0.1) is 0 Å². The fourth-order valence-corrected chi connectivity index (χ4v) is 1.14. The smallest absolute Gasteiger partial charge is 0.225 e. The van der Waals surface area contributed by atoms with Crippen molar-refractivity contribution in [3.63, 3.8) is 0 Å². The Morgan fingerprint density at radius 1 is 1.08 bits per heavy atom. The zero-order valence-corrected chi connectivity index (χ0v) is 8.46. The Labute approximate surface area is 81.5 Å². The Morgan fingerprint density at radius 2 is 1.85 bits per heavy atom. The van der Waals surface area contributed by atoms with Crippen molar-refractivity contribution in [3.05, 3.63) is 24.3 Å². The highest BCUT2D eigenvalue weighted by atomic mass is 16.1. The highest BCUT2D eigenvalue weighted by Crippen LogP contribution is 2.05. The van der Waals surface area contributed by atoms with Gasteiger partial charge in [0.1, 0.15) is 0 Å². The van der Waals surface area contributed by atoms with Crippen LogP contribution in [0.5, 0.6) is 0 Å². The maximum Gasteiger partial charge on any atom is 0.225 e. The Balaban J connectivity index is 3.10. The van der Waals surface area contributed by atoms with Gasteiger partial charge in [-0.2, -0.15) is 0 Å². The fraction of sp³-hybridized carbons (Fsp3) is 0.583.